The predicted molar refractivity (Wildman–Crippen MR) is 42.9 cm³/mol. The number of rotatable bonds is 4. The van der Waals surface area contributed by atoms with Crippen LogP contribution in [0.25, 0.3) is 0 Å². The molecule has 0 unspecified atom stereocenters. The van der Waals surface area contributed by atoms with Crippen LogP contribution >= 0.6 is 12.2 Å². The van der Waals surface area contributed by atoms with Gasteiger partial charge in [-0.15, -0.1) is 0 Å². The molecule has 0 aliphatic rings. The summed E-state index contributed by atoms with van der Waals surface area (Å²) in [5.74, 6) is -0.274. The monoisotopic (exact) mass is 161 g/mol. The Morgan fingerprint density at radius 1 is 1.90 bits per heavy atom. The topological polar surface area (TPSA) is 38.3 Å². The van der Waals surface area contributed by atoms with Gasteiger partial charge in [0.15, 0.2) is 0 Å². The van der Waals surface area contributed by atoms with Gasteiger partial charge in [-0.2, -0.15) is 0 Å². The minimum atomic E-state index is -0.336. The van der Waals surface area contributed by atoms with Crippen molar-refractivity contribution in [1.29, 1.82) is 0 Å². The van der Waals surface area contributed by atoms with Crippen LogP contribution in [-0.4, -0.2) is 24.1 Å². The normalized spacial score (nSPS) is 11.8. The van der Waals surface area contributed by atoms with E-state index in [4.69, 9.17) is 0 Å². The van der Waals surface area contributed by atoms with Gasteiger partial charge in [-0.1, -0.05) is 12.2 Å². The van der Waals surface area contributed by atoms with Crippen LogP contribution in [-0.2, 0) is 9.53 Å². The fourth-order valence-electron chi connectivity index (χ4n) is 0.437. The van der Waals surface area contributed by atoms with Gasteiger partial charge in [-0.25, -0.2) is 4.79 Å². The van der Waals surface area contributed by atoms with Crippen LogP contribution in [0.2, 0.25) is 0 Å². The third kappa shape index (κ3) is 3.40. The number of ether oxygens (including phenoxy) is 1. The largest absolute Gasteiger partial charge is 0.464 e. The number of thiocarbonyl (C=S) groups is 1. The number of carbonyl (C=O) groups excluding carboxylic acids is 1. The Morgan fingerprint density at radius 2 is 2.50 bits per heavy atom. The highest BCUT2D eigenvalue weighted by atomic mass is 32.1. The fourth-order valence-corrected chi connectivity index (χ4v) is 0.641. The van der Waals surface area contributed by atoms with Gasteiger partial charge >= 0.3 is 5.97 Å². The van der Waals surface area contributed by atoms with Crippen LogP contribution in [0.15, 0.2) is 0 Å². The van der Waals surface area contributed by atoms with Gasteiger partial charge in [0.2, 0.25) is 0 Å². The molecule has 0 heterocycles. The second-order valence-electron chi connectivity index (χ2n) is 1.76. The molecular weight excluding hydrogens is 150 g/mol. The third-order valence-corrected chi connectivity index (χ3v) is 1.09. The average molecular weight is 161 g/mol. The predicted octanol–water partition coefficient (Wildman–Crippen LogP) is 0.485. The molecule has 1 N–H and O–H groups in total. The zero-order valence-corrected chi connectivity index (χ0v) is 6.90. The number of nitrogens with one attached hydrogen (secondary N) is 1. The van der Waals surface area contributed by atoms with Gasteiger partial charge in [-0.3, -0.25) is 0 Å². The standard InChI is InChI=1S/C6H11NO2S/c1-3-9-6(8)5(2)7-4-10/h4-5H,3H2,1-2H3,(H,7,10)/t5-/m0/s1. The summed E-state index contributed by atoms with van der Waals surface area (Å²) in [4.78, 5) is 10.8. The Balaban J connectivity index is 3.58. The lowest BCUT2D eigenvalue weighted by molar-refractivity contribution is -0.144. The molecule has 4 heteroatoms. The molecule has 0 spiro atoms. The van der Waals surface area contributed by atoms with Crippen LogP contribution in [0.4, 0.5) is 0 Å². The average Bonchev–Trinajstić information content (AvgIpc) is 1.89. The number of hydrogen-bond donors (Lipinski definition) is 1. The fraction of sp³-hybridized carbons (Fsp3) is 0.667. The summed E-state index contributed by atoms with van der Waals surface area (Å²) in [5.41, 5.74) is 1.31. The summed E-state index contributed by atoms with van der Waals surface area (Å²) in [6.07, 6.45) is 0. The third-order valence-electron chi connectivity index (χ3n) is 0.958. The molecule has 0 aromatic carbocycles. The summed E-state index contributed by atoms with van der Waals surface area (Å²) in [6.45, 7) is 3.87. The Bertz CT molecular complexity index is 127. The van der Waals surface area contributed by atoms with Crippen molar-refractivity contribution in [3.8, 4) is 0 Å². The Morgan fingerprint density at radius 3 is 2.90 bits per heavy atom. The van der Waals surface area contributed by atoms with Crippen molar-refractivity contribution in [3.63, 3.8) is 0 Å². The molecule has 0 bridgehead atoms. The molecule has 0 aromatic heterocycles. The molecule has 0 aliphatic carbocycles. The lowest BCUT2D eigenvalue weighted by Gasteiger charge is -2.08. The molecule has 0 aromatic rings. The quantitative estimate of drug-likeness (QED) is 0.481. The minimum Gasteiger partial charge on any atom is -0.464 e. The maximum absolute atomic E-state index is 10.8. The first-order valence-corrected chi connectivity index (χ1v) is 3.55. The van der Waals surface area contributed by atoms with Gasteiger partial charge in [0.1, 0.15) is 6.04 Å². The minimum absolute atomic E-state index is 0.274. The molecule has 10 heavy (non-hydrogen) atoms. The van der Waals surface area contributed by atoms with Crippen molar-refractivity contribution in [2.75, 3.05) is 6.61 Å². The Hall–Kier alpha value is -0.640. The first-order valence-electron chi connectivity index (χ1n) is 3.08. The van der Waals surface area contributed by atoms with Gasteiger partial charge in [0, 0.05) is 0 Å². The highest BCUT2D eigenvalue weighted by molar-refractivity contribution is 7.78. The maximum atomic E-state index is 10.8. The molecule has 0 rings (SSSR count). The van der Waals surface area contributed by atoms with Crippen molar-refractivity contribution in [2.24, 2.45) is 0 Å². The number of esters is 1. The molecule has 58 valence electrons. The summed E-state index contributed by atoms with van der Waals surface area (Å²) in [6, 6.07) is -0.336. The van der Waals surface area contributed by atoms with E-state index in [9.17, 15) is 4.79 Å². The van der Waals surface area contributed by atoms with Crippen LogP contribution in [0.5, 0.6) is 0 Å². The van der Waals surface area contributed by atoms with Crippen LogP contribution in [0.1, 0.15) is 13.8 Å². The van der Waals surface area contributed by atoms with Gasteiger partial charge in [0.25, 0.3) is 0 Å². The number of carbonyl (C=O) groups is 1. The summed E-state index contributed by atoms with van der Waals surface area (Å²) >= 11 is 4.49. The highest BCUT2D eigenvalue weighted by Gasteiger charge is 2.10. The Labute approximate surface area is 65.7 Å². The molecule has 3 nitrogen and oxygen atoms in total. The van der Waals surface area contributed by atoms with Gasteiger partial charge in [-0.05, 0) is 13.8 Å². The molecule has 0 saturated heterocycles. The van der Waals surface area contributed by atoms with Crippen molar-refractivity contribution in [3.05, 3.63) is 0 Å². The summed E-state index contributed by atoms with van der Waals surface area (Å²) < 4.78 is 4.69. The maximum Gasteiger partial charge on any atom is 0.328 e. The summed E-state index contributed by atoms with van der Waals surface area (Å²) in [5, 5.41) is 2.65. The van der Waals surface area contributed by atoms with E-state index in [0.717, 1.165) is 0 Å². The van der Waals surface area contributed by atoms with E-state index in [1.807, 2.05) is 0 Å². The van der Waals surface area contributed by atoms with E-state index in [-0.39, 0.29) is 12.0 Å². The molecule has 0 amide bonds. The first kappa shape index (κ1) is 9.36. The lowest BCUT2D eigenvalue weighted by Crippen LogP contribution is -2.33. The van der Waals surface area contributed by atoms with E-state index in [2.05, 4.69) is 22.3 Å². The van der Waals surface area contributed by atoms with Crippen LogP contribution < -0.4 is 5.32 Å². The van der Waals surface area contributed by atoms with Crippen molar-refractivity contribution >= 4 is 23.7 Å². The zero-order valence-electron chi connectivity index (χ0n) is 6.09. The van der Waals surface area contributed by atoms with Crippen molar-refractivity contribution in [1.82, 2.24) is 5.32 Å². The molecule has 0 fully saturated rings. The van der Waals surface area contributed by atoms with Crippen molar-refractivity contribution < 1.29 is 9.53 Å². The van der Waals surface area contributed by atoms with E-state index in [0.29, 0.717) is 6.61 Å². The van der Waals surface area contributed by atoms with Crippen LogP contribution in [0, 0.1) is 0 Å². The molecule has 0 aliphatic heterocycles. The van der Waals surface area contributed by atoms with E-state index in [1.165, 1.54) is 5.49 Å². The van der Waals surface area contributed by atoms with E-state index < -0.39 is 0 Å². The zero-order chi connectivity index (χ0) is 7.98. The SMILES string of the molecule is CCOC(=O)[C@H](C)NC=S. The second-order valence-corrected chi connectivity index (χ2v) is 1.99. The molecule has 0 saturated carbocycles. The molecule has 1 atom stereocenters. The smallest absolute Gasteiger partial charge is 0.328 e. The van der Waals surface area contributed by atoms with Gasteiger partial charge in [0.05, 0.1) is 12.1 Å². The lowest BCUT2D eigenvalue weighted by atomic mass is 10.3. The molecule has 0 radical (unpaired) electrons. The highest BCUT2D eigenvalue weighted by Crippen LogP contribution is 1.85. The Kier molecular flexibility index (Phi) is 4.84. The second kappa shape index (κ2) is 5.17. The number of hydrogen-bond acceptors (Lipinski definition) is 3. The van der Waals surface area contributed by atoms with E-state index >= 15 is 0 Å². The first-order chi connectivity index (χ1) is 4.72. The van der Waals surface area contributed by atoms with Crippen molar-refractivity contribution in [2.45, 2.75) is 19.9 Å². The van der Waals surface area contributed by atoms with Crippen LogP contribution in [0.3, 0.4) is 0 Å². The summed E-state index contributed by atoms with van der Waals surface area (Å²) in [7, 11) is 0. The molecular formula is C6H11NO2S. The van der Waals surface area contributed by atoms with Gasteiger partial charge < -0.3 is 10.1 Å². The van der Waals surface area contributed by atoms with E-state index in [1.54, 1.807) is 13.8 Å².